The second-order valence-electron chi connectivity index (χ2n) is 7.30. The van der Waals surface area contributed by atoms with Crippen LogP contribution in [0, 0.1) is 16.7 Å². The molecule has 0 aromatic heterocycles. The first-order chi connectivity index (χ1) is 11.4. The van der Waals surface area contributed by atoms with Crippen molar-refractivity contribution in [2.24, 2.45) is 11.1 Å². The van der Waals surface area contributed by atoms with Gasteiger partial charge in [-0.2, -0.15) is 5.26 Å². The Balaban J connectivity index is 2.14. The maximum atomic E-state index is 12.8. The number of nitrogens with zero attached hydrogens (tertiary/aromatic N) is 1. The summed E-state index contributed by atoms with van der Waals surface area (Å²) in [6, 6.07) is 10.2. The van der Waals surface area contributed by atoms with Crippen LogP contribution in [-0.2, 0) is 16.0 Å². The Morgan fingerprint density at radius 3 is 2.54 bits per heavy atom. The number of aryl methyl sites for hydroxylation is 1. The van der Waals surface area contributed by atoms with Gasteiger partial charge in [-0.3, -0.25) is 4.79 Å². The van der Waals surface area contributed by atoms with Crippen LogP contribution < -0.4 is 5.73 Å². The van der Waals surface area contributed by atoms with E-state index >= 15 is 0 Å². The van der Waals surface area contributed by atoms with Crippen molar-refractivity contribution in [3.05, 3.63) is 58.2 Å². The van der Waals surface area contributed by atoms with Crippen molar-refractivity contribution < 1.29 is 9.53 Å². The normalized spacial score (nSPS) is 22.8. The summed E-state index contributed by atoms with van der Waals surface area (Å²) >= 11 is 0. The fraction of sp³-hybridized carbons (Fsp3) is 0.400. The van der Waals surface area contributed by atoms with Crippen LogP contribution in [0.2, 0.25) is 0 Å². The quantitative estimate of drug-likeness (QED) is 0.900. The van der Waals surface area contributed by atoms with E-state index in [0.717, 1.165) is 12.0 Å². The summed E-state index contributed by atoms with van der Waals surface area (Å²) < 4.78 is 5.69. The van der Waals surface area contributed by atoms with E-state index in [1.54, 1.807) is 0 Å². The van der Waals surface area contributed by atoms with Crippen molar-refractivity contribution in [1.82, 2.24) is 0 Å². The van der Waals surface area contributed by atoms with Gasteiger partial charge < -0.3 is 10.5 Å². The van der Waals surface area contributed by atoms with Crippen LogP contribution in [0.5, 0.6) is 0 Å². The lowest BCUT2D eigenvalue weighted by atomic mass is 9.70. The molecule has 0 amide bonds. The summed E-state index contributed by atoms with van der Waals surface area (Å²) in [6.45, 7) is 6.18. The molecule has 0 fully saturated rings. The predicted octanol–water partition coefficient (Wildman–Crippen LogP) is 3.70. The predicted molar refractivity (Wildman–Crippen MR) is 91.5 cm³/mol. The fourth-order valence-corrected chi connectivity index (χ4v) is 3.56. The second kappa shape index (κ2) is 5.83. The number of hydrogen-bond donors (Lipinski definition) is 1. The van der Waals surface area contributed by atoms with Gasteiger partial charge in [-0.15, -0.1) is 0 Å². The van der Waals surface area contributed by atoms with Gasteiger partial charge in [-0.05, 0) is 23.0 Å². The molecule has 1 aromatic carbocycles. The first-order valence-electron chi connectivity index (χ1n) is 8.29. The van der Waals surface area contributed by atoms with E-state index in [0.29, 0.717) is 29.7 Å². The molecule has 1 atom stereocenters. The van der Waals surface area contributed by atoms with E-state index in [2.05, 4.69) is 13.0 Å². The number of ether oxygens (including phenoxy) is 1. The summed E-state index contributed by atoms with van der Waals surface area (Å²) in [5, 5.41) is 9.57. The Labute approximate surface area is 142 Å². The van der Waals surface area contributed by atoms with Crippen molar-refractivity contribution in [3.63, 3.8) is 0 Å². The van der Waals surface area contributed by atoms with Crippen molar-refractivity contribution in [1.29, 1.82) is 5.26 Å². The highest BCUT2D eigenvalue weighted by molar-refractivity contribution is 6.00. The summed E-state index contributed by atoms with van der Waals surface area (Å²) in [6.07, 6.45) is 2.05. The lowest BCUT2D eigenvalue weighted by Gasteiger charge is -2.37. The highest BCUT2D eigenvalue weighted by Crippen LogP contribution is 2.47. The molecule has 0 unspecified atom stereocenters. The Morgan fingerprint density at radius 2 is 1.96 bits per heavy atom. The molecule has 2 aliphatic rings. The molecule has 0 saturated carbocycles. The number of rotatable bonds is 2. The SMILES string of the molecule is CCc1ccc([C@H]2C(C#N)=C(N)OC3=C2C(=O)CC(C)(C)C3)cc1. The van der Waals surface area contributed by atoms with E-state index in [9.17, 15) is 10.1 Å². The third-order valence-electron chi connectivity index (χ3n) is 4.80. The number of allylic oxidation sites excluding steroid dienone is 3. The van der Waals surface area contributed by atoms with Crippen molar-refractivity contribution in [2.75, 3.05) is 0 Å². The van der Waals surface area contributed by atoms with Gasteiger partial charge in [0.15, 0.2) is 5.78 Å². The number of Topliss-reactive ketones (excluding diaryl/α,β-unsaturated/α-hetero) is 1. The van der Waals surface area contributed by atoms with Gasteiger partial charge >= 0.3 is 0 Å². The molecule has 124 valence electrons. The monoisotopic (exact) mass is 322 g/mol. The largest absolute Gasteiger partial charge is 0.444 e. The summed E-state index contributed by atoms with van der Waals surface area (Å²) in [7, 11) is 0. The molecule has 2 N–H and O–H groups in total. The van der Waals surface area contributed by atoms with E-state index in [1.165, 1.54) is 5.56 Å². The Bertz CT molecular complexity index is 792. The number of benzene rings is 1. The number of carbonyl (C=O) groups is 1. The van der Waals surface area contributed by atoms with Crippen LogP contribution in [-0.4, -0.2) is 5.78 Å². The van der Waals surface area contributed by atoms with Gasteiger partial charge in [0, 0.05) is 18.4 Å². The first-order valence-corrected chi connectivity index (χ1v) is 8.29. The van der Waals surface area contributed by atoms with Gasteiger partial charge in [-0.25, -0.2) is 0 Å². The average Bonchev–Trinajstić information content (AvgIpc) is 2.52. The zero-order chi connectivity index (χ0) is 17.5. The lowest BCUT2D eigenvalue weighted by molar-refractivity contribution is -0.119. The third-order valence-corrected chi connectivity index (χ3v) is 4.80. The smallest absolute Gasteiger partial charge is 0.205 e. The first kappa shape index (κ1) is 16.3. The standard InChI is InChI=1S/C20H22N2O2/c1-4-12-5-7-13(8-6-12)17-14(11-21)19(22)24-16-10-20(2,3)9-15(23)18(16)17/h5-8,17H,4,9-10,22H2,1-3H3/t17-/m0/s1. The molecule has 1 heterocycles. The van der Waals surface area contributed by atoms with E-state index in [4.69, 9.17) is 10.5 Å². The molecule has 0 saturated heterocycles. The molecule has 1 aliphatic carbocycles. The van der Waals surface area contributed by atoms with Gasteiger partial charge in [0.05, 0.1) is 5.92 Å². The molecular formula is C20H22N2O2. The summed E-state index contributed by atoms with van der Waals surface area (Å²) in [5.74, 6) is 0.364. The zero-order valence-electron chi connectivity index (χ0n) is 14.3. The van der Waals surface area contributed by atoms with Crippen LogP contribution in [0.25, 0.3) is 0 Å². The zero-order valence-corrected chi connectivity index (χ0v) is 14.3. The molecule has 4 nitrogen and oxygen atoms in total. The van der Waals surface area contributed by atoms with Gasteiger partial charge in [0.25, 0.3) is 0 Å². The van der Waals surface area contributed by atoms with Crippen LogP contribution in [0.3, 0.4) is 0 Å². The second-order valence-corrected chi connectivity index (χ2v) is 7.30. The Morgan fingerprint density at radius 1 is 1.29 bits per heavy atom. The number of ketones is 1. The minimum Gasteiger partial charge on any atom is -0.444 e. The summed E-state index contributed by atoms with van der Waals surface area (Å²) in [5.41, 5.74) is 8.90. The van der Waals surface area contributed by atoms with Crippen LogP contribution in [0.15, 0.2) is 47.1 Å². The maximum absolute atomic E-state index is 12.8. The van der Waals surface area contributed by atoms with Gasteiger partial charge in [-0.1, -0.05) is 45.0 Å². The minimum atomic E-state index is -0.423. The Kier molecular flexibility index (Phi) is 3.96. The third kappa shape index (κ3) is 2.71. The topological polar surface area (TPSA) is 76.1 Å². The molecular weight excluding hydrogens is 300 g/mol. The maximum Gasteiger partial charge on any atom is 0.205 e. The van der Waals surface area contributed by atoms with Crippen molar-refractivity contribution >= 4 is 5.78 Å². The highest BCUT2D eigenvalue weighted by Gasteiger charge is 2.42. The fourth-order valence-electron chi connectivity index (χ4n) is 3.56. The molecule has 24 heavy (non-hydrogen) atoms. The molecule has 1 aromatic rings. The van der Waals surface area contributed by atoms with Gasteiger partial charge in [0.1, 0.15) is 17.4 Å². The molecule has 1 aliphatic heterocycles. The van der Waals surface area contributed by atoms with Crippen LogP contribution in [0.1, 0.15) is 50.7 Å². The molecule has 0 radical (unpaired) electrons. The van der Waals surface area contributed by atoms with Crippen molar-refractivity contribution in [3.8, 4) is 6.07 Å². The van der Waals surface area contributed by atoms with E-state index < -0.39 is 5.92 Å². The van der Waals surface area contributed by atoms with Crippen molar-refractivity contribution in [2.45, 2.75) is 46.0 Å². The lowest BCUT2D eigenvalue weighted by Crippen LogP contribution is -2.33. The van der Waals surface area contributed by atoms with E-state index in [-0.39, 0.29) is 17.1 Å². The molecule has 0 bridgehead atoms. The van der Waals surface area contributed by atoms with Gasteiger partial charge in [0.2, 0.25) is 5.88 Å². The number of nitrogens with two attached hydrogens (primary N) is 1. The number of hydrogen-bond acceptors (Lipinski definition) is 4. The molecule has 4 heteroatoms. The molecule has 0 spiro atoms. The minimum absolute atomic E-state index is 0.0473. The van der Waals surface area contributed by atoms with Crippen LogP contribution >= 0.6 is 0 Å². The molecule has 3 rings (SSSR count). The number of nitriles is 1. The average molecular weight is 322 g/mol. The highest BCUT2D eigenvalue weighted by atomic mass is 16.5. The summed E-state index contributed by atoms with van der Waals surface area (Å²) in [4.78, 5) is 12.8. The Hall–Kier alpha value is -2.54. The van der Waals surface area contributed by atoms with E-state index in [1.807, 2.05) is 38.1 Å². The number of carbonyl (C=O) groups excluding carboxylic acids is 1. The van der Waals surface area contributed by atoms with Crippen LogP contribution in [0.4, 0.5) is 0 Å².